The molecule has 23 heavy (non-hydrogen) atoms. The molecule has 2 heterocycles. The number of amides is 1. The maximum Gasteiger partial charge on any atom is 0.225 e. The van der Waals surface area contributed by atoms with Crippen LogP contribution >= 0.6 is 0 Å². The van der Waals surface area contributed by atoms with E-state index in [1.807, 2.05) is 11.0 Å². The third kappa shape index (κ3) is 4.78. The highest BCUT2D eigenvalue weighted by Gasteiger charge is 2.38. The number of hydrogen-bond donors (Lipinski definition) is 1. The molecule has 5 nitrogen and oxygen atoms in total. The summed E-state index contributed by atoms with van der Waals surface area (Å²) in [5.41, 5.74) is -0.172. The van der Waals surface area contributed by atoms with Crippen LogP contribution < -0.4 is 0 Å². The van der Waals surface area contributed by atoms with Crippen molar-refractivity contribution in [2.45, 2.75) is 32.1 Å². The van der Waals surface area contributed by atoms with Crippen molar-refractivity contribution in [3.05, 3.63) is 12.7 Å². The van der Waals surface area contributed by atoms with Gasteiger partial charge in [0.25, 0.3) is 0 Å². The Morgan fingerprint density at radius 3 is 2.74 bits per heavy atom. The van der Waals surface area contributed by atoms with Crippen molar-refractivity contribution < 1.29 is 14.6 Å². The third-order valence-electron chi connectivity index (χ3n) is 5.43. The van der Waals surface area contributed by atoms with Gasteiger partial charge in [0.1, 0.15) is 0 Å². The molecule has 2 aliphatic heterocycles. The molecule has 1 amide bonds. The molecule has 1 atom stereocenters. The van der Waals surface area contributed by atoms with Crippen molar-refractivity contribution in [2.75, 3.05) is 53.0 Å². The Kier molecular flexibility index (Phi) is 7.06. The number of hydrogen-bond acceptors (Lipinski definition) is 4. The van der Waals surface area contributed by atoms with E-state index in [1.54, 1.807) is 7.11 Å². The Labute approximate surface area is 140 Å². The lowest BCUT2D eigenvalue weighted by Gasteiger charge is -2.43. The Balaban J connectivity index is 1.87. The maximum absolute atomic E-state index is 12.9. The predicted molar refractivity (Wildman–Crippen MR) is 91.2 cm³/mol. The van der Waals surface area contributed by atoms with Gasteiger partial charge in [-0.3, -0.25) is 4.79 Å². The second-order valence-corrected chi connectivity index (χ2v) is 7.12. The van der Waals surface area contributed by atoms with Crippen LogP contribution in [-0.4, -0.2) is 73.9 Å². The number of methoxy groups -OCH3 is 1. The normalized spacial score (nSPS) is 27.1. The van der Waals surface area contributed by atoms with Crippen LogP contribution in [0.1, 0.15) is 32.1 Å². The van der Waals surface area contributed by atoms with Gasteiger partial charge in [-0.15, -0.1) is 6.58 Å². The van der Waals surface area contributed by atoms with Crippen molar-refractivity contribution in [1.29, 1.82) is 0 Å². The first-order valence-electron chi connectivity index (χ1n) is 8.86. The van der Waals surface area contributed by atoms with Crippen LogP contribution in [0, 0.1) is 11.3 Å². The first-order valence-corrected chi connectivity index (χ1v) is 8.86. The van der Waals surface area contributed by atoms with Gasteiger partial charge in [-0.2, -0.15) is 0 Å². The summed E-state index contributed by atoms with van der Waals surface area (Å²) in [5, 5.41) is 9.80. The van der Waals surface area contributed by atoms with E-state index in [2.05, 4.69) is 11.5 Å². The van der Waals surface area contributed by atoms with E-state index in [0.717, 1.165) is 64.9 Å². The van der Waals surface area contributed by atoms with Crippen molar-refractivity contribution in [1.82, 2.24) is 9.80 Å². The molecule has 0 radical (unpaired) electrons. The molecule has 0 aromatic carbocycles. The average Bonchev–Trinajstić information content (AvgIpc) is 2.60. The summed E-state index contributed by atoms with van der Waals surface area (Å²) >= 11 is 0. The van der Waals surface area contributed by atoms with E-state index in [-0.39, 0.29) is 23.8 Å². The van der Waals surface area contributed by atoms with Gasteiger partial charge < -0.3 is 19.6 Å². The lowest BCUT2D eigenvalue weighted by atomic mass is 9.77. The molecule has 5 heteroatoms. The molecule has 0 spiro atoms. The average molecular weight is 324 g/mol. The summed E-state index contributed by atoms with van der Waals surface area (Å²) in [7, 11) is 1.73. The lowest BCUT2D eigenvalue weighted by molar-refractivity contribution is -0.141. The molecular weight excluding hydrogens is 292 g/mol. The minimum absolute atomic E-state index is 0.137. The SMILES string of the molecule is C=CCC1(CO)CCCN(C(=O)C2CCN(CCOC)CC2)C1. The fourth-order valence-electron chi connectivity index (χ4n) is 3.94. The number of rotatable bonds is 7. The smallest absolute Gasteiger partial charge is 0.225 e. The number of likely N-dealkylation sites (tertiary alicyclic amines) is 2. The van der Waals surface area contributed by atoms with E-state index >= 15 is 0 Å². The van der Waals surface area contributed by atoms with Gasteiger partial charge in [0, 0.05) is 38.1 Å². The van der Waals surface area contributed by atoms with Gasteiger partial charge in [-0.25, -0.2) is 0 Å². The zero-order valence-electron chi connectivity index (χ0n) is 14.5. The number of carbonyl (C=O) groups is 1. The summed E-state index contributed by atoms with van der Waals surface area (Å²) in [6.07, 6.45) is 6.49. The highest BCUT2D eigenvalue weighted by atomic mass is 16.5. The van der Waals surface area contributed by atoms with E-state index in [0.29, 0.717) is 6.54 Å². The van der Waals surface area contributed by atoms with Crippen LogP contribution in [0.25, 0.3) is 0 Å². The number of carbonyl (C=O) groups excluding carboxylic acids is 1. The molecule has 2 fully saturated rings. The Morgan fingerprint density at radius 1 is 1.39 bits per heavy atom. The van der Waals surface area contributed by atoms with Gasteiger partial charge in [-0.05, 0) is 45.2 Å². The molecule has 0 aliphatic carbocycles. The van der Waals surface area contributed by atoms with E-state index in [1.165, 1.54) is 0 Å². The van der Waals surface area contributed by atoms with Crippen LogP contribution in [0.3, 0.4) is 0 Å². The highest BCUT2D eigenvalue weighted by molar-refractivity contribution is 5.79. The first kappa shape index (κ1) is 18.4. The molecule has 2 aliphatic rings. The second kappa shape index (κ2) is 8.81. The van der Waals surface area contributed by atoms with Gasteiger partial charge in [0.2, 0.25) is 5.91 Å². The third-order valence-corrected chi connectivity index (χ3v) is 5.43. The number of aliphatic hydroxyl groups excluding tert-OH is 1. The molecule has 2 rings (SSSR count). The Morgan fingerprint density at radius 2 is 2.13 bits per heavy atom. The van der Waals surface area contributed by atoms with Crippen molar-refractivity contribution in [3.63, 3.8) is 0 Å². The van der Waals surface area contributed by atoms with E-state index in [9.17, 15) is 9.90 Å². The Hall–Kier alpha value is -0.910. The molecular formula is C18H32N2O3. The zero-order valence-corrected chi connectivity index (χ0v) is 14.5. The first-order chi connectivity index (χ1) is 11.1. The summed E-state index contributed by atoms with van der Waals surface area (Å²) in [4.78, 5) is 17.2. The second-order valence-electron chi connectivity index (χ2n) is 7.12. The minimum atomic E-state index is -0.172. The van der Waals surface area contributed by atoms with Crippen LogP contribution in [0.15, 0.2) is 12.7 Å². The number of piperidine rings is 2. The zero-order chi connectivity index (χ0) is 16.7. The lowest BCUT2D eigenvalue weighted by Crippen LogP contribution is -2.51. The molecule has 1 unspecified atom stereocenters. The molecule has 132 valence electrons. The number of allylic oxidation sites excluding steroid dienone is 1. The molecule has 2 saturated heterocycles. The summed E-state index contributed by atoms with van der Waals surface area (Å²) in [5.74, 6) is 0.435. The monoisotopic (exact) mass is 324 g/mol. The van der Waals surface area contributed by atoms with Crippen molar-refractivity contribution in [3.8, 4) is 0 Å². The topological polar surface area (TPSA) is 53.0 Å². The van der Waals surface area contributed by atoms with Crippen LogP contribution in [0.5, 0.6) is 0 Å². The van der Waals surface area contributed by atoms with Crippen LogP contribution in [0.4, 0.5) is 0 Å². The molecule has 0 saturated carbocycles. The summed E-state index contributed by atoms with van der Waals surface area (Å²) in [6, 6.07) is 0. The number of nitrogens with zero attached hydrogens (tertiary/aromatic N) is 2. The fourth-order valence-corrected chi connectivity index (χ4v) is 3.94. The molecule has 0 bridgehead atoms. The van der Waals surface area contributed by atoms with Gasteiger partial charge in [-0.1, -0.05) is 6.08 Å². The predicted octanol–water partition coefficient (Wildman–Crippen LogP) is 1.52. The minimum Gasteiger partial charge on any atom is -0.396 e. The molecule has 1 N–H and O–H groups in total. The standard InChI is InChI=1S/C18H32N2O3/c1-3-7-18(15-21)8-4-9-20(14-18)17(22)16-5-10-19(11-6-16)12-13-23-2/h3,16,21H,1,4-15H2,2H3. The maximum atomic E-state index is 12.9. The number of ether oxygens (including phenoxy) is 1. The highest BCUT2D eigenvalue weighted by Crippen LogP contribution is 2.34. The van der Waals surface area contributed by atoms with Crippen molar-refractivity contribution in [2.24, 2.45) is 11.3 Å². The quantitative estimate of drug-likeness (QED) is 0.722. The van der Waals surface area contributed by atoms with Crippen LogP contribution in [0.2, 0.25) is 0 Å². The van der Waals surface area contributed by atoms with E-state index < -0.39 is 0 Å². The van der Waals surface area contributed by atoms with Gasteiger partial charge in [0.15, 0.2) is 0 Å². The number of aliphatic hydroxyl groups is 1. The van der Waals surface area contributed by atoms with Crippen LogP contribution in [-0.2, 0) is 9.53 Å². The summed E-state index contributed by atoms with van der Waals surface area (Å²) in [6.45, 7) is 9.12. The Bertz CT molecular complexity index is 394. The van der Waals surface area contributed by atoms with Gasteiger partial charge in [0.05, 0.1) is 13.2 Å². The fraction of sp³-hybridized carbons (Fsp3) is 0.833. The molecule has 0 aromatic rings. The largest absolute Gasteiger partial charge is 0.396 e. The molecule has 0 aromatic heterocycles. The van der Waals surface area contributed by atoms with Crippen molar-refractivity contribution >= 4 is 5.91 Å². The summed E-state index contributed by atoms with van der Waals surface area (Å²) < 4.78 is 5.12. The van der Waals surface area contributed by atoms with E-state index in [4.69, 9.17) is 4.74 Å². The van der Waals surface area contributed by atoms with Gasteiger partial charge >= 0.3 is 0 Å².